The molecule has 4 aromatic heterocycles. The van der Waals surface area contributed by atoms with Crippen LogP contribution < -0.4 is 0 Å². The number of benzene rings is 18. The Bertz CT molecular complexity index is 6930. The van der Waals surface area contributed by atoms with Crippen LogP contribution >= 0.6 is 45.3 Å². The summed E-state index contributed by atoms with van der Waals surface area (Å²) < 4.78 is 10.6. The Labute approximate surface area is 591 Å². The van der Waals surface area contributed by atoms with Gasteiger partial charge in [-0.1, -0.05) is 261 Å². The SMILES string of the molecule is c1ccc(-c2ccc(-c3c4ccccc4c(-c4ccc5c(c4)sc4ccc6cc7sc8ccccc8c7cc6c45)c4ccc(-c5ccc6c(-c7ccc8c(c7)sc7ccc9c(ccc%10sc%11ccccc%11c%109)c78)c7ccccc7c(-c7ccc(-c8ccccc8)cc7)c6c5)cc34)cc2)cc1. The average molecular weight is 1340 g/mol. The highest BCUT2D eigenvalue weighted by atomic mass is 32.1. The predicted molar refractivity (Wildman–Crippen MR) is 441 cm³/mol. The second-order valence-corrected chi connectivity index (χ2v) is 31.1. The zero-order valence-corrected chi connectivity index (χ0v) is 57.1. The van der Waals surface area contributed by atoms with E-state index in [-0.39, 0.29) is 0 Å². The molecule has 0 radical (unpaired) electrons. The van der Waals surface area contributed by atoms with Crippen LogP contribution in [0.3, 0.4) is 0 Å². The highest BCUT2D eigenvalue weighted by Crippen LogP contribution is 2.52. The largest absolute Gasteiger partial charge is 0.135 e. The molecule has 0 saturated carbocycles. The third-order valence-corrected chi connectivity index (χ3v) is 25.9. The van der Waals surface area contributed by atoms with Crippen molar-refractivity contribution in [3.63, 3.8) is 0 Å². The molecule has 0 aliphatic heterocycles. The first-order valence-electron chi connectivity index (χ1n) is 34.2. The smallest absolute Gasteiger partial charge is 0.0361 e. The summed E-state index contributed by atoms with van der Waals surface area (Å²) in [5.41, 5.74) is 17.0. The van der Waals surface area contributed by atoms with Gasteiger partial charge in [-0.15, -0.1) is 45.3 Å². The number of thiophene rings is 4. The molecule has 4 heterocycles. The Morgan fingerprint density at radius 3 is 0.940 bits per heavy atom. The highest BCUT2D eigenvalue weighted by Gasteiger charge is 2.24. The van der Waals surface area contributed by atoms with Crippen molar-refractivity contribution in [2.45, 2.75) is 0 Å². The van der Waals surface area contributed by atoms with Crippen LogP contribution in [0.2, 0.25) is 0 Å². The lowest BCUT2D eigenvalue weighted by atomic mass is 9.83. The predicted octanol–water partition coefficient (Wildman–Crippen LogP) is 29.7. The zero-order chi connectivity index (χ0) is 65.3. The zero-order valence-electron chi connectivity index (χ0n) is 53.8. The number of rotatable bonds is 7. The van der Waals surface area contributed by atoms with E-state index in [0.717, 1.165) is 0 Å². The fourth-order valence-corrected chi connectivity index (χ4v) is 21.5. The standard InChI is InChI=1S/C96H54S4/c1-3-15-55(16-4-1)57-27-31-59(32-28-57)90-67-20-7-9-22-69(67)92(64-37-42-76-87(52-64)100-86-48-45-71-72(95(76)86)44-47-85-94(71)75-24-12-14-26-83(75)97-85)73-40-35-61(49-80(73)90)62-36-41-74-81(50-62)91(60-33-29-58(30-34-60)56-17-5-2-6-18-56)68-21-8-10-23-70(68)93(74)65-38-43-77-88(53-65)99-84-46-39-63-51-89-79(54-78(63)96(77)84)66-19-11-13-25-82(66)98-89/h1-54H. The minimum atomic E-state index is 1.17. The van der Waals surface area contributed by atoms with Crippen molar-refractivity contribution in [1.29, 1.82) is 0 Å². The van der Waals surface area contributed by atoms with Gasteiger partial charge in [-0.25, -0.2) is 0 Å². The molecule has 18 aromatic carbocycles. The molecule has 0 aliphatic rings. The highest BCUT2D eigenvalue weighted by molar-refractivity contribution is 7.27. The molecule has 0 spiro atoms. The van der Waals surface area contributed by atoms with Gasteiger partial charge < -0.3 is 0 Å². The Morgan fingerprint density at radius 1 is 0.130 bits per heavy atom. The van der Waals surface area contributed by atoms with Gasteiger partial charge in [-0.2, -0.15) is 0 Å². The van der Waals surface area contributed by atoms with Gasteiger partial charge in [0.15, 0.2) is 0 Å². The lowest BCUT2D eigenvalue weighted by Crippen LogP contribution is -1.93. The molecule has 0 atom stereocenters. The lowest BCUT2D eigenvalue weighted by Gasteiger charge is -2.20. The van der Waals surface area contributed by atoms with Crippen molar-refractivity contribution >= 4 is 191 Å². The molecule has 0 nitrogen and oxygen atoms in total. The summed E-state index contributed by atoms with van der Waals surface area (Å²) in [5, 5.41) is 25.8. The van der Waals surface area contributed by atoms with Gasteiger partial charge in [0.2, 0.25) is 0 Å². The first kappa shape index (κ1) is 56.4. The summed E-state index contributed by atoms with van der Waals surface area (Å²) in [6.45, 7) is 0. The molecule has 22 aromatic rings. The topological polar surface area (TPSA) is 0 Å². The van der Waals surface area contributed by atoms with Crippen LogP contribution in [0.25, 0.3) is 223 Å². The van der Waals surface area contributed by atoms with Gasteiger partial charge in [0.1, 0.15) is 0 Å². The van der Waals surface area contributed by atoms with E-state index in [1.165, 1.54) is 223 Å². The molecule has 100 heavy (non-hydrogen) atoms. The summed E-state index contributed by atoms with van der Waals surface area (Å²) >= 11 is 7.60. The Hall–Kier alpha value is -11.6. The summed E-state index contributed by atoms with van der Waals surface area (Å²) in [7, 11) is 0. The van der Waals surface area contributed by atoms with Gasteiger partial charge in [0.25, 0.3) is 0 Å². The second kappa shape index (κ2) is 22.0. The van der Waals surface area contributed by atoms with Gasteiger partial charge >= 0.3 is 0 Å². The maximum Gasteiger partial charge on any atom is 0.0361 e. The first-order chi connectivity index (χ1) is 49.5. The number of hydrogen-bond donors (Lipinski definition) is 0. The third kappa shape index (κ3) is 8.55. The minimum Gasteiger partial charge on any atom is -0.135 e. The monoisotopic (exact) mass is 1330 g/mol. The third-order valence-electron chi connectivity index (χ3n) is 21.4. The Morgan fingerprint density at radius 2 is 0.440 bits per heavy atom. The van der Waals surface area contributed by atoms with Gasteiger partial charge in [0.05, 0.1) is 0 Å². The molecule has 0 fully saturated rings. The molecule has 4 heteroatoms. The molecule has 0 amide bonds. The van der Waals surface area contributed by atoms with Crippen LogP contribution in [-0.2, 0) is 0 Å². The Kier molecular flexibility index (Phi) is 12.4. The normalized spacial score (nSPS) is 12.2. The van der Waals surface area contributed by atoms with Crippen LogP contribution in [0.1, 0.15) is 0 Å². The van der Waals surface area contributed by atoms with Crippen molar-refractivity contribution in [1.82, 2.24) is 0 Å². The van der Waals surface area contributed by atoms with Gasteiger partial charge in [-0.3, -0.25) is 0 Å². The van der Waals surface area contributed by atoms with E-state index in [4.69, 9.17) is 0 Å². The molecule has 0 aliphatic carbocycles. The Balaban J connectivity index is 0.757. The van der Waals surface area contributed by atoms with Crippen molar-refractivity contribution < 1.29 is 0 Å². The van der Waals surface area contributed by atoms with Gasteiger partial charge in [0, 0.05) is 80.7 Å². The maximum atomic E-state index is 2.51. The van der Waals surface area contributed by atoms with Crippen molar-refractivity contribution in [2.75, 3.05) is 0 Å². The molecule has 0 unspecified atom stereocenters. The van der Waals surface area contributed by atoms with Crippen LogP contribution in [0.5, 0.6) is 0 Å². The minimum absolute atomic E-state index is 1.17. The molecule has 22 rings (SSSR count). The summed E-state index contributed by atoms with van der Waals surface area (Å²) in [5.74, 6) is 0. The van der Waals surface area contributed by atoms with Crippen molar-refractivity contribution in [2.24, 2.45) is 0 Å². The summed E-state index contributed by atoms with van der Waals surface area (Å²) in [4.78, 5) is 0. The van der Waals surface area contributed by atoms with Crippen LogP contribution in [0.15, 0.2) is 328 Å². The molecular weight excluding hydrogens is 1280 g/mol. The molecule has 462 valence electrons. The van der Waals surface area contributed by atoms with Crippen LogP contribution in [0.4, 0.5) is 0 Å². The van der Waals surface area contributed by atoms with Crippen molar-refractivity contribution in [3.05, 3.63) is 328 Å². The van der Waals surface area contributed by atoms with Gasteiger partial charge in [-0.05, 0) is 209 Å². The van der Waals surface area contributed by atoms with E-state index in [1.54, 1.807) is 0 Å². The van der Waals surface area contributed by atoms with Crippen molar-refractivity contribution in [3.8, 4) is 77.9 Å². The number of fused-ring (bicyclic) bond motifs is 21. The second-order valence-electron chi connectivity index (χ2n) is 26.8. The fraction of sp³-hybridized carbons (Fsp3) is 0. The van der Waals surface area contributed by atoms with E-state index < -0.39 is 0 Å². The molecule has 0 N–H and O–H groups in total. The summed E-state index contributed by atoms with van der Waals surface area (Å²) in [6.07, 6.45) is 0. The number of hydrogen-bond acceptors (Lipinski definition) is 4. The van der Waals surface area contributed by atoms with Crippen LogP contribution in [-0.4, -0.2) is 0 Å². The maximum absolute atomic E-state index is 2.51. The van der Waals surface area contributed by atoms with E-state index in [0.29, 0.717) is 0 Å². The molecule has 0 bridgehead atoms. The van der Waals surface area contributed by atoms with E-state index in [9.17, 15) is 0 Å². The van der Waals surface area contributed by atoms with E-state index >= 15 is 0 Å². The first-order valence-corrected chi connectivity index (χ1v) is 37.5. The summed E-state index contributed by atoms with van der Waals surface area (Å²) in [6, 6.07) is 124. The van der Waals surface area contributed by atoms with Crippen LogP contribution in [0, 0.1) is 0 Å². The average Bonchev–Trinajstić information content (AvgIpc) is 0.944. The van der Waals surface area contributed by atoms with E-state index in [2.05, 4.69) is 328 Å². The molecular formula is C96H54S4. The fourth-order valence-electron chi connectivity index (χ4n) is 16.9. The quantitative estimate of drug-likeness (QED) is 0.140. The lowest BCUT2D eigenvalue weighted by molar-refractivity contribution is 1.61. The molecule has 0 saturated heterocycles. The van der Waals surface area contributed by atoms with E-state index in [1.807, 2.05) is 45.3 Å².